The van der Waals surface area contributed by atoms with Crippen LogP contribution in [0.25, 0.3) is 5.69 Å². The van der Waals surface area contributed by atoms with Crippen LogP contribution >= 0.6 is 11.8 Å². The van der Waals surface area contributed by atoms with Crippen LogP contribution in [0.5, 0.6) is 5.75 Å². The molecule has 146 valence electrons. The molecule has 5 heteroatoms. The van der Waals surface area contributed by atoms with Crippen LogP contribution in [0.4, 0.5) is 0 Å². The van der Waals surface area contributed by atoms with Gasteiger partial charge in [-0.25, -0.2) is 0 Å². The van der Waals surface area contributed by atoms with Gasteiger partial charge in [-0.15, -0.1) is 10.2 Å². The first-order valence-corrected chi connectivity index (χ1v) is 10.5. The molecule has 0 bridgehead atoms. The molecule has 0 aliphatic heterocycles. The molecule has 0 amide bonds. The molecule has 0 radical (unpaired) electrons. The number of ether oxygens (including phenoxy) is 1. The number of aryl methyl sites for hydroxylation is 1. The van der Waals surface area contributed by atoms with Gasteiger partial charge in [0.15, 0.2) is 5.16 Å². The van der Waals surface area contributed by atoms with Gasteiger partial charge in [0, 0.05) is 12.2 Å². The molecule has 1 heterocycles. The van der Waals surface area contributed by atoms with Crippen LogP contribution in [0.15, 0.2) is 84.0 Å². The Morgan fingerprint density at radius 3 is 2.28 bits per heavy atom. The van der Waals surface area contributed by atoms with E-state index in [2.05, 4.69) is 82.4 Å². The monoisotopic (exact) mass is 401 g/mol. The van der Waals surface area contributed by atoms with E-state index in [0.29, 0.717) is 0 Å². The van der Waals surface area contributed by atoms with Crippen molar-refractivity contribution < 1.29 is 4.74 Å². The van der Waals surface area contributed by atoms with Gasteiger partial charge in [-0.1, -0.05) is 72.4 Å². The van der Waals surface area contributed by atoms with Gasteiger partial charge >= 0.3 is 0 Å². The quantitative estimate of drug-likeness (QED) is 0.385. The Bertz CT molecular complexity index is 1070. The molecule has 0 N–H and O–H groups in total. The molecule has 0 aliphatic rings. The minimum atomic E-state index is 0.741. The molecule has 29 heavy (non-hydrogen) atoms. The summed E-state index contributed by atoms with van der Waals surface area (Å²) in [6.07, 6.45) is 0.741. The summed E-state index contributed by atoms with van der Waals surface area (Å²) < 4.78 is 7.44. The van der Waals surface area contributed by atoms with Crippen molar-refractivity contribution in [1.29, 1.82) is 0 Å². The van der Waals surface area contributed by atoms with Crippen LogP contribution in [-0.2, 0) is 12.2 Å². The molecule has 0 fully saturated rings. The number of benzene rings is 3. The predicted octanol–water partition coefficient (Wildman–Crippen LogP) is 5.47. The zero-order valence-electron chi connectivity index (χ0n) is 16.6. The number of thioether (sulfide) groups is 1. The van der Waals surface area contributed by atoms with Crippen LogP contribution in [0.3, 0.4) is 0 Å². The first-order chi connectivity index (χ1) is 14.2. The van der Waals surface area contributed by atoms with Crippen LogP contribution in [0.1, 0.15) is 22.5 Å². The van der Waals surface area contributed by atoms with E-state index in [9.17, 15) is 0 Å². The maximum Gasteiger partial charge on any atom is 0.196 e. The standard InChI is InChI=1S/C24H23N3OS/c1-18-8-6-7-11-22(18)27-23(16-19-9-4-3-5-10-19)25-26-24(27)29-17-20-12-14-21(28-2)15-13-20/h3-15H,16-17H2,1-2H3. The fourth-order valence-electron chi connectivity index (χ4n) is 3.21. The summed E-state index contributed by atoms with van der Waals surface area (Å²) in [7, 11) is 1.68. The van der Waals surface area contributed by atoms with Gasteiger partial charge in [-0.3, -0.25) is 4.57 Å². The largest absolute Gasteiger partial charge is 0.497 e. The molecule has 0 aliphatic carbocycles. The van der Waals surface area contributed by atoms with Crippen molar-refractivity contribution in [2.75, 3.05) is 7.11 Å². The fraction of sp³-hybridized carbons (Fsp3) is 0.167. The highest BCUT2D eigenvalue weighted by molar-refractivity contribution is 7.98. The Morgan fingerprint density at radius 2 is 1.55 bits per heavy atom. The van der Waals surface area contributed by atoms with E-state index in [-0.39, 0.29) is 0 Å². The van der Waals surface area contributed by atoms with Crippen LogP contribution in [-0.4, -0.2) is 21.9 Å². The molecule has 3 aromatic carbocycles. The normalized spacial score (nSPS) is 10.8. The van der Waals surface area contributed by atoms with Crippen molar-refractivity contribution in [2.24, 2.45) is 0 Å². The number of hydrogen-bond acceptors (Lipinski definition) is 4. The third-order valence-corrected chi connectivity index (χ3v) is 5.79. The Balaban J connectivity index is 1.65. The van der Waals surface area contributed by atoms with Crippen LogP contribution < -0.4 is 4.74 Å². The highest BCUT2D eigenvalue weighted by atomic mass is 32.2. The molecular formula is C24H23N3OS. The first kappa shape index (κ1) is 19.3. The molecule has 0 unspecified atom stereocenters. The highest BCUT2D eigenvalue weighted by Crippen LogP contribution is 2.28. The van der Waals surface area contributed by atoms with E-state index in [1.54, 1.807) is 18.9 Å². The smallest absolute Gasteiger partial charge is 0.196 e. The molecule has 0 saturated heterocycles. The summed E-state index contributed by atoms with van der Waals surface area (Å²) in [5.41, 5.74) is 4.77. The van der Waals surface area contributed by atoms with Crippen molar-refractivity contribution in [3.63, 3.8) is 0 Å². The van der Waals surface area contributed by atoms with E-state index in [1.807, 2.05) is 18.2 Å². The molecule has 1 aromatic heterocycles. The van der Waals surface area contributed by atoms with Gasteiger partial charge in [0.25, 0.3) is 0 Å². The average molecular weight is 402 g/mol. The van der Waals surface area contributed by atoms with E-state index in [0.717, 1.165) is 34.6 Å². The molecule has 4 rings (SSSR count). The summed E-state index contributed by atoms with van der Waals surface area (Å²) in [5.74, 6) is 2.63. The summed E-state index contributed by atoms with van der Waals surface area (Å²) >= 11 is 1.70. The summed E-state index contributed by atoms with van der Waals surface area (Å²) in [5, 5.41) is 9.97. The number of hydrogen-bond donors (Lipinski definition) is 0. The Morgan fingerprint density at radius 1 is 0.828 bits per heavy atom. The first-order valence-electron chi connectivity index (χ1n) is 9.54. The van der Waals surface area contributed by atoms with Crippen molar-refractivity contribution in [3.8, 4) is 11.4 Å². The molecule has 4 nitrogen and oxygen atoms in total. The Hall–Kier alpha value is -3.05. The lowest BCUT2D eigenvalue weighted by atomic mass is 10.1. The van der Waals surface area contributed by atoms with Gasteiger partial charge in [-0.05, 0) is 41.8 Å². The van der Waals surface area contributed by atoms with Gasteiger partial charge in [-0.2, -0.15) is 0 Å². The summed E-state index contributed by atoms with van der Waals surface area (Å²) in [4.78, 5) is 0. The highest BCUT2D eigenvalue weighted by Gasteiger charge is 2.16. The van der Waals surface area contributed by atoms with E-state index in [1.165, 1.54) is 16.7 Å². The topological polar surface area (TPSA) is 39.9 Å². The van der Waals surface area contributed by atoms with Gasteiger partial charge in [0.05, 0.1) is 12.8 Å². The fourth-order valence-corrected chi connectivity index (χ4v) is 4.13. The molecule has 0 atom stereocenters. The number of methoxy groups -OCH3 is 1. The zero-order chi connectivity index (χ0) is 20.1. The Kier molecular flexibility index (Phi) is 5.96. The van der Waals surface area contributed by atoms with Crippen molar-refractivity contribution in [2.45, 2.75) is 24.3 Å². The van der Waals surface area contributed by atoms with Gasteiger partial charge < -0.3 is 4.74 Å². The van der Waals surface area contributed by atoms with E-state index in [4.69, 9.17) is 4.74 Å². The van der Waals surface area contributed by atoms with Crippen LogP contribution in [0.2, 0.25) is 0 Å². The summed E-state index contributed by atoms with van der Waals surface area (Å²) in [6, 6.07) is 26.9. The lowest BCUT2D eigenvalue weighted by Crippen LogP contribution is -2.05. The van der Waals surface area contributed by atoms with Crippen molar-refractivity contribution in [3.05, 3.63) is 101 Å². The SMILES string of the molecule is COc1ccc(CSc2nnc(Cc3ccccc3)n2-c2ccccc2C)cc1. The molecule has 4 aromatic rings. The Labute approximate surface area is 175 Å². The van der Waals surface area contributed by atoms with Crippen LogP contribution in [0, 0.1) is 6.92 Å². The number of para-hydroxylation sites is 1. The number of nitrogens with zero attached hydrogens (tertiary/aromatic N) is 3. The minimum Gasteiger partial charge on any atom is -0.497 e. The van der Waals surface area contributed by atoms with Gasteiger partial charge in [0.1, 0.15) is 11.6 Å². The lowest BCUT2D eigenvalue weighted by Gasteiger charge is -2.13. The maximum atomic E-state index is 5.25. The minimum absolute atomic E-state index is 0.741. The molecule has 0 saturated carbocycles. The average Bonchev–Trinajstić information content (AvgIpc) is 3.16. The molecular weight excluding hydrogens is 378 g/mol. The van der Waals surface area contributed by atoms with E-state index < -0.39 is 0 Å². The third-order valence-electron chi connectivity index (χ3n) is 4.79. The summed E-state index contributed by atoms with van der Waals surface area (Å²) in [6.45, 7) is 2.12. The lowest BCUT2D eigenvalue weighted by molar-refractivity contribution is 0.414. The van der Waals surface area contributed by atoms with Gasteiger partial charge in [0.2, 0.25) is 0 Å². The second-order valence-corrected chi connectivity index (χ2v) is 7.76. The predicted molar refractivity (Wildman–Crippen MR) is 118 cm³/mol. The third kappa shape index (κ3) is 4.51. The number of aromatic nitrogens is 3. The maximum absolute atomic E-state index is 5.25. The second kappa shape index (κ2) is 8.97. The second-order valence-electron chi connectivity index (χ2n) is 6.82. The van der Waals surface area contributed by atoms with Crippen molar-refractivity contribution >= 4 is 11.8 Å². The zero-order valence-corrected chi connectivity index (χ0v) is 17.4. The number of rotatable bonds is 7. The van der Waals surface area contributed by atoms with Crippen molar-refractivity contribution in [1.82, 2.24) is 14.8 Å². The molecule has 0 spiro atoms. The van der Waals surface area contributed by atoms with E-state index >= 15 is 0 Å².